The molecule has 2 aromatic rings. The van der Waals surface area contributed by atoms with Crippen LogP contribution in [0.2, 0.25) is 5.02 Å². The van der Waals surface area contributed by atoms with Crippen molar-refractivity contribution in [2.45, 2.75) is 48.2 Å². The Balaban J connectivity index is 1.86. The number of sulfone groups is 1. The van der Waals surface area contributed by atoms with Crippen molar-refractivity contribution in [2.75, 3.05) is 19.4 Å². The van der Waals surface area contributed by atoms with Crippen LogP contribution in [0.3, 0.4) is 0 Å². The summed E-state index contributed by atoms with van der Waals surface area (Å²) in [4.78, 5) is 5.15. The summed E-state index contributed by atoms with van der Waals surface area (Å²) in [5.74, 6) is -2.96. The highest BCUT2D eigenvalue weighted by Gasteiger charge is 2.45. The van der Waals surface area contributed by atoms with E-state index in [2.05, 4.69) is 10.3 Å². The average molecular weight is 500 g/mol. The van der Waals surface area contributed by atoms with Crippen molar-refractivity contribution in [1.82, 2.24) is 9.88 Å². The van der Waals surface area contributed by atoms with Crippen molar-refractivity contribution in [3.8, 4) is 0 Å². The third kappa shape index (κ3) is 5.68. The Hall–Kier alpha value is -1.43. The first-order valence-corrected chi connectivity index (χ1v) is 12.4. The van der Waals surface area contributed by atoms with Crippen LogP contribution in [0.25, 0.3) is 0 Å². The van der Waals surface area contributed by atoms with Crippen LogP contribution in [0.5, 0.6) is 0 Å². The summed E-state index contributed by atoms with van der Waals surface area (Å²) in [6.45, 7) is 0. The van der Waals surface area contributed by atoms with Gasteiger partial charge >= 0.3 is 6.18 Å². The lowest BCUT2D eigenvalue weighted by Gasteiger charge is -2.41. The van der Waals surface area contributed by atoms with E-state index >= 15 is 0 Å². The Morgan fingerprint density at radius 1 is 1.29 bits per heavy atom. The molecule has 0 radical (unpaired) electrons. The Morgan fingerprint density at radius 3 is 2.58 bits per heavy atom. The molecule has 1 aromatic heterocycles. The smallest absolute Gasteiger partial charge is 0.379 e. The van der Waals surface area contributed by atoms with Gasteiger partial charge in [0.1, 0.15) is 21.5 Å². The molecule has 0 bridgehead atoms. The number of rotatable bonds is 6. The van der Waals surface area contributed by atoms with E-state index in [1.807, 2.05) is 4.90 Å². The minimum Gasteiger partial charge on any atom is -0.379 e. The molecule has 3 rings (SSSR count). The molecule has 1 aliphatic carbocycles. The fourth-order valence-corrected chi connectivity index (χ4v) is 6.50. The zero-order valence-electron chi connectivity index (χ0n) is 16.8. The van der Waals surface area contributed by atoms with Gasteiger partial charge in [-0.15, -0.1) is 11.3 Å². The monoisotopic (exact) mass is 499 g/mol. The van der Waals surface area contributed by atoms with Crippen LogP contribution in [0, 0.1) is 11.7 Å². The second-order valence-electron chi connectivity index (χ2n) is 7.78. The molecule has 1 aliphatic rings. The van der Waals surface area contributed by atoms with Crippen LogP contribution >= 0.6 is 22.9 Å². The topological polar surface area (TPSA) is 62.3 Å². The molecular weight excluding hydrogens is 478 g/mol. The Labute approximate surface area is 187 Å². The van der Waals surface area contributed by atoms with Crippen molar-refractivity contribution in [3.63, 3.8) is 0 Å². The summed E-state index contributed by atoms with van der Waals surface area (Å²) in [7, 11) is -0.500. The molecule has 3 atom stereocenters. The number of nitrogens with zero attached hydrogens (tertiary/aromatic N) is 2. The second kappa shape index (κ2) is 9.21. The van der Waals surface area contributed by atoms with Crippen LogP contribution < -0.4 is 5.32 Å². The lowest BCUT2D eigenvalue weighted by atomic mass is 9.81. The summed E-state index contributed by atoms with van der Waals surface area (Å²) in [5, 5.41) is 4.77. The van der Waals surface area contributed by atoms with Crippen molar-refractivity contribution in [2.24, 2.45) is 5.92 Å². The third-order valence-corrected chi connectivity index (χ3v) is 8.35. The zero-order valence-corrected chi connectivity index (χ0v) is 19.2. The number of aromatic nitrogens is 1. The normalized spacial score (nSPS) is 22.6. The highest BCUT2D eigenvalue weighted by atomic mass is 35.5. The number of hydrogen-bond donors (Lipinski definition) is 1. The van der Waals surface area contributed by atoms with Crippen LogP contribution in [0.15, 0.2) is 28.6 Å². The van der Waals surface area contributed by atoms with Crippen LogP contribution in [0.4, 0.5) is 23.2 Å². The Morgan fingerprint density at radius 2 is 2.00 bits per heavy atom. The Kier molecular flexibility index (Phi) is 7.19. The van der Waals surface area contributed by atoms with Gasteiger partial charge in [-0.25, -0.2) is 17.8 Å². The largest absolute Gasteiger partial charge is 0.391 e. The van der Waals surface area contributed by atoms with E-state index in [0.717, 1.165) is 23.5 Å². The molecule has 12 heteroatoms. The van der Waals surface area contributed by atoms with E-state index in [0.29, 0.717) is 11.4 Å². The molecule has 0 unspecified atom stereocenters. The number of hydrogen-bond acceptors (Lipinski definition) is 6. The van der Waals surface area contributed by atoms with Gasteiger partial charge in [-0.05, 0) is 45.5 Å². The van der Waals surface area contributed by atoms with Gasteiger partial charge in [0.15, 0.2) is 9.84 Å². The Bertz CT molecular complexity index is 1010. The van der Waals surface area contributed by atoms with E-state index < -0.39 is 44.4 Å². The lowest BCUT2D eigenvalue weighted by molar-refractivity contribution is -0.185. The fourth-order valence-electron chi connectivity index (χ4n) is 3.87. The van der Waals surface area contributed by atoms with Crippen LogP contribution in [-0.4, -0.2) is 50.7 Å². The maximum Gasteiger partial charge on any atom is 0.391 e. The van der Waals surface area contributed by atoms with E-state index in [1.54, 1.807) is 19.5 Å². The van der Waals surface area contributed by atoms with Crippen LogP contribution in [-0.2, 0) is 15.6 Å². The summed E-state index contributed by atoms with van der Waals surface area (Å²) < 4.78 is 79.7. The molecule has 0 aliphatic heterocycles. The molecule has 31 heavy (non-hydrogen) atoms. The number of anilines is 1. The second-order valence-corrected chi connectivity index (χ2v) is 11.1. The van der Waals surface area contributed by atoms with E-state index in [-0.39, 0.29) is 29.6 Å². The van der Waals surface area contributed by atoms with Crippen LogP contribution in [0.1, 0.15) is 24.3 Å². The van der Waals surface area contributed by atoms with Gasteiger partial charge in [-0.1, -0.05) is 11.6 Å². The van der Waals surface area contributed by atoms with Crippen molar-refractivity contribution < 1.29 is 26.0 Å². The summed E-state index contributed by atoms with van der Waals surface area (Å²) in [5.41, 5.74) is 0.0621. The van der Waals surface area contributed by atoms with E-state index in [1.165, 1.54) is 6.20 Å². The maximum atomic E-state index is 14.7. The maximum absolute atomic E-state index is 14.7. The molecule has 1 N–H and O–H groups in total. The highest BCUT2D eigenvalue weighted by molar-refractivity contribution is 7.90. The van der Waals surface area contributed by atoms with E-state index in [4.69, 9.17) is 11.6 Å². The number of likely N-dealkylation sites (N-methyl/N-ethyl adjacent to an activating group) is 1. The summed E-state index contributed by atoms with van der Waals surface area (Å²) >= 11 is 7.35. The van der Waals surface area contributed by atoms with Crippen molar-refractivity contribution >= 4 is 38.5 Å². The molecule has 0 amide bonds. The van der Waals surface area contributed by atoms with Gasteiger partial charge in [-0.3, -0.25) is 0 Å². The first kappa shape index (κ1) is 24.2. The lowest BCUT2D eigenvalue weighted by Crippen LogP contribution is -2.49. The van der Waals surface area contributed by atoms with Gasteiger partial charge in [0.25, 0.3) is 0 Å². The summed E-state index contributed by atoms with van der Waals surface area (Å²) in [6, 6.07) is 1.08. The molecule has 1 aromatic carbocycles. The predicted molar refractivity (Wildman–Crippen MR) is 113 cm³/mol. The molecular formula is C19H22ClF4N3O2S2. The number of nitrogens with one attached hydrogen (secondary N) is 1. The van der Waals surface area contributed by atoms with Gasteiger partial charge in [0.2, 0.25) is 0 Å². The standard InChI is InChI=1S/C19H22ClF4N3O2S2/c1-27(2)16-4-3-11(19(22,23)24)7-15(16)26-14-9-13(21)17(8-12(14)20)31(28,29)10-18-25-5-6-30-18/h5-6,8-9,11,15-16,26H,3-4,7,10H2,1-2H3/t11-,15-,16-/m0/s1. The number of halogens is 5. The molecule has 1 heterocycles. The minimum atomic E-state index is -4.32. The fraction of sp³-hybridized carbons (Fsp3) is 0.526. The number of alkyl halides is 3. The molecule has 0 spiro atoms. The van der Waals surface area contributed by atoms with Gasteiger partial charge in [0, 0.05) is 23.7 Å². The molecule has 1 fully saturated rings. The number of thiazole rings is 1. The SMILES string of the molecule is CN(C)[C@H]1CC[C@H](C(F)(F)F)C[C@@H]1Nc1cc(F)c(S(=O)(=O)Cc2nccs2)cc1Cl. The van der Waals surface area contributed by atoms with Gasteiger partial charge in [-0.2, -0.15) is 13.2 Å². The molecule has 1 saturated carbocycles. The summed E-state index contributed by atoms with van der Waals surface area (Å²) in [6.07, 6.45) is -2.73. The van der Waals surface area contributed by atoms with Crippen molar-refractivity contribution in [3.05, 3.63) is 39.6 Å². The third-order valence-electron chi connectivity index (χ3n) is 5.43. The van der Waals surface area contributed by atoms with Gasteiger partial charge < -0.3 is 10.2 Å². The van der Waals surface area contributed by atoms with E-state index in [9.17, 15) is 26.0 Å². The highest BCUT2D eigenvalue weighted by Crippen LogP contribution is 2.40. The quantitative estimate of drug-likeness (QED) is 0.568. The first-order chi connectivity index (χ1) is 14.4. The molecule has 172 valence electrons. The molecule has 0 saturated heterocycles. The minimum absolute atomic E-state index is 0.0144. The van der Waals surface area contributed by atoms with Crippen molar-refractivity contribution in [1.29, 1.82) is 0 Å². The van der Waals surface area contributed by atoms with Gasteiger partial charge in [0.05, 0.1) is 16.6 Å². The zero-order chi connectivity index (χ0) is 23.0. The molecule has 5 nitrogen and oxygen atoms in total. The number of benzene rings is 1. The first-order valence-electron chi connectivity index (χ1n) is 9.48. The predicted octanol–water partition coefficient (Wildman–Crippen LogP) is 4.98. The average Bonchev–Trinajstić information content (AvgIpc) is 3.15.